The molecule has 0 atom stereocenters. The van der Waals surface area contributed by atoms with E-state index in [1.54, 1.807) is 7.05 Å². The molecule has 0 unspecified atom stereocenters. The second kappa shape index (κ2) is 7.13. The molecule has 10 heteroatoms. The van der Waals surface area contributed by atoms with E-state index in [0.717, 1.165) is 26.9 Å². The highest BCUT2D eigenvalue weighted by Gasteiger charge is 2.26. The Morgan fingerprint density at radius 3 is 2.60 bits per heavy atom. The molecule has 1 aromatic carbocycles. The SMILES string of the molecule is CNc1nc2ccccc2n1Cc1sc2c(c1C(=O)O)c(=O)n(C)c(=O)n2C(C)C. The molecule has 0 saturated carbocycles. The summed E-state index contributed by atoms with van der Waals surface area (Å²) in [5, 5.41) is 13.1. The molecule has 0 aliphatic rings. The van der Waals surface area contributed by atoms with E-state index in [1.165, 1.54) is 11.6 Å². The van der Waals surface area contributed by atoms with Gasteiger partial charge in [0.15, 0.2) is 0 Å². The van der Waals surface area contributed by atoms with Gasteiger partial charge in [-0.3, -0.25) is 13.9 Å². The fourth-order valence-corrected chi connectivity index (χ4v) is 5.10. The number of carboxylic acid groups (broad SMARTS) is 1. The number of imidazole rings is 1. The van der Waals surface area contributed by atoms with E-state index in [2.05, 4.69) is 10.3 Å². The molecule has 0 radical (unpaired) electrons. The summed E-state index contributed by atoms with van der Waals surface area (Å²) < 4.78 is 4.31. The topological polar surface area (TPSA) is 111 Å². The Morgan fingerprint density at radius 2 is 1.97 bits per heavy atom. The van der Waals surface area contributed by atoms with Gasteiger partial charge in [-0.2, -0.15) is 0 Å². The zero-order valence-corrected chi connectivity index (χ0v) is 17.8. The quantitative estimate of drug-likeness (QED) is 0.506. The fraction of sp³-hybridized carbons (Fsp3) is 0.300. The first-order valence-electron chi connectivity index (χ1n) is 9.39. The van der Waals surface area contributed by atoms with Gasteiger partial charge in [0.05, 0.1) is 28.5 Å². The summed E-state index contributed by atoms with van der Waals surface area (Å²) in [5.74, 6) is -0.614. The molecule has 0 bridgehead atoms. The first-order chi connectivity index (χ1) is 14.3. The van der Waals surface area contributed by atoms with Gasteiger partial charge in [-0.05, 0) is 26.0 Å². The van der Waals surface area contributed by atoms with Crippen LogP contribution in [0.3, 0.4) is 0 Å². The van der Waals surface area contributed by atoms with Crippen LogP contribution in [0.5, 0.6) is 0 Å². The lowest BCUT2D eigenvalue weighted by atomic mass is 10.1. The Bertz CT molecular complexity index is 1420. The van der Waals surface area contributed by atoms with Crippen LogP contribution in [-0.2, 0) is 13.6 Å². The third-order valence-electron chi connectivity index (χ3n) is 5.10. The molecule has 9 nitrogen and oxygen atoms in total. The van der Waals surface area contributed by atoms with Gasteiger partial charge in [-0.15, -0.1) is 11.3 Å². The number of nitrogens with one attached hydrogen (secondary N) is 1. The Kier molecular flexibility index (Phi) is 4.73. The van der Waals surface area contributed by atoms with Crippen LogP contribution in [0, 0.1) is 0 Å². The number of carboxylic acids is 1. The van der Waals surface area contributed by atoms with Crippen molar-refractivity contribution in [2.24, 2.45) is 7.05 Å². The van der Waals surface area contributed by atoms with Gasteiger partial charge < -0.3 is 15.0 Å². The molecule has 156 valence electrons. The molecule has 0 aliphatic carbocycles. The molecule has 4 rings (SSSR count). The molecule has 0 fully saturated rings. The maximum Gasteiger partial charge on any atom is 0.337 e. The molecule has 30 heavy (non-hydrogen) atoms. The number of benzene rings is 1. The van der Waals surface area contributed by atoms with Gasteiger partial charge in [-0.25, -0.2) is 14.6 Å². The lowest BCUT2D eigenvalue weighted by Crippen LogP contribution is -2.38. The van der Waals surface area contributed by atoms with E-state index >= 15 is 0 Å². The number of carbonyl (C=O) groups is 1. The van der Waals surface area contributed by atoms with E-state index in [1.807, 2.05) is 42.7 Å². The normalized spacial score (nSPS) is 11.6. The van der Waals surface area contributed by atoms with Crippen molar-refractivity contribution < 1.29 is 9.90 Å². The first-order valence-corrected chi connectivity index (χ1v) is 10.2. The van der Waals surface area contributed by atoms with E-state index in [4.69, 9.17) is 0 Å². The Hall–Kier alpha value is -3.40. The lowest BCUT2D eigenvalue weighted by Gasteiger charge is -2.12. The van der Waals surface area contributed by atoms with Gasteiger partial charge in [-0.1, -0.05) is 12.1 Å². The third-order valence-corrected chi connectivity index (χ3v) is 6.28. The van der Waals surface area contributed by atoms with Gasteiger partial charge >= 0.3 is 11.7 Å². The van der Waals surface area contributed by atoms with Crippen LogP contribution < -0.4 is 16.6 Å². The molecule has 0 aliphatic heterocycles. The minimum Gasteiger partial charge on any atom is -0.478 e. The van der Waals surface area contributed by atoms with Gasteiger partial charge in [0.1, 0.15) is 4.83 Å². The number of aromatic nitrogens is 4. The van der Waals surface area contributed by atoms with Gasteiger partial charge in [0.25, 0.3) is 5.56 Å². The highest BCUT2D eigenvalue weighted by atomic mass is 32.1. The molecule has 4 aromatic rings. The smallest absolute Gasteiger partial charge is 0.337 e. The molecular weight excluding hydrogens is 406 g/mol. The van der Waals surface area contributed by atoms with Crippen LogP contribution in [0.2, 0.25) is 0 Å². The van der Waals surface area contributed by atoms with Crippen molar-refractivity contribution in [1.29, 1.82) is 0 Å². The zero-order valence-electron chi connectivity index (χ0n) is 17.0. The number of rotatable bonds is 5. The number of anilines is 1. The van der Waals surface area contributed by atoms with Crippen molar-refractivity contribution in [1.82, 2.24) is 18.7 Å². The van der Waals surface area contributed by atoms with Crippen LogP contribution in [0.4, 0.5) is 5.95 Å². The van der Waals surface area contributed by atoms with E-state index < -0.39 is 17.2 Å². The second-order valence-corrected chi connectivity index (χ2v) is 8.34. The summed E-state index contributed by atoms with van der Waals surface area (Å²) in [6.45, 7) is 3.86. The van der Waals surface area contributed by atoms with Crippen molar-refractivity contribution in [2.75, 3.05) is 12.4 Å². The maximum absolute atomic E-state index is 12.9. The summed E-state index contributed by atoms with van der Waals surface area (Å²) in [5.41, 5.74) is 0.483. The van der Waals surface area contributed by atoms with Crippen LogP contribution in [-0.4, -0.2) is 36.8 Å². The summed E-state index contributed by atoms with van der Waals surface area (Å²) in [7, 11) is 3.11. The number of nitrogens with zero attached hydrogens (tertiary/aromatic N) is 4. The standard InChI is InChI=1S/C20H21N5O4S/c1-10(2)25-17-15(16(26)23(4)20(25)29)14(18(27)28)13(30-17)9-24-12-8-6-5-7-11(12)22-19(24)21-3/h5-8,10H,9H2,1-4H3,(H,21,22)(H,27,28). The highest BCUT2D eigenvalue weighted by Crippen LogP contribution is 2.32. The predicted molar refractivity (Wildman–Crippen MR) is 117 cm³/mol. The summed E-state index contributed by atoms with van der Waals surface area (Å²) in [4.78, 5) is 43.1. The first kappa shape index (κ1) is 19.9. The Balaban J connectivity index is 2.06. The molecule has 3 aromatic heterocycles. The summed E-state index contributed by atoms with van der Waals surface area (Å²) in [6.07, 6.45) is 0. The van der Waals surface area contributed by atoms with Gasteiger partial charge in [0.2, 0.25) is 5.95 Å². The minimum atomic E-state index is -1.20. The maximum atomic E-state index is 12.9. The third kappa shape index (κ3) is 2.83. The average Bonchev–Trinajstić information content (AvgIpc) is 3.25. The molecule has 2 N–H and O–H groups in total. The second-order valence-electron chi connectivity index (χ2n) is 7.26. The molecule has 0 spiro atoms. The number of hydrogen-bond donors (Lipinski definition) is 2. The van der Waals surface area contributed by atoms with Crippen LogP contribution >= 0.6 is 11.3 Å². The zero-order chi connectivity index (χ0) is 21.7. The summed E-state index contributed by atoms with van der Waals surface area (Å²) in [6, 6.07) is 7.31. The van der Waals surface area contributed by atoms with Crippen LogP contribution in [0.1, 0.15) is 35.1 Å². The Labute approximate surface area is 174 Å². The fourth-order valence-electron chi connectivity index (χ4n) is 3.70. The van der Waals surface area contributed by atoms with E-state index in [9.17, 15) is 19.5 Å². The summed E-state index contributed by atoms with van der Waals surface area (Å²) >= 11 is 1.16. The van der Waals surface area contributed by atoms with E-state index in [-0.39, 0.29) is 23.5 Å². The predicted octanol–water partition coefficient (Wildman–Crippen LogP) is 2.48. The monoisotopic (exact) mass is 427 g/mol. The molecule has 0 amide bonds. The number of fused-ring (bicyclic) bond motifs is 2. The van der Waals surface area contributed by atoms with Crippen LogP contribution in [0.15, 0.2) is 33.9 Å². The average molecular weight is 427 g/mol. The highest BCUT2D eigenvalue weighted by molar-refractivity contribution is 7.19. The van der Waals surface area contributed by atoms with E-state index in [0.29, 0.717) is 15.7 Å². The van der Waals surface area contributed by atoms with Crippen molar-refractivity contribution in [3.63, 3.8) is 0 Å². The largest absolute Gasteiger partial charge is 0.478 e. The number of hydrogen-bond acceptors (Lipinski definition) is 6. The van der Waals surface area contributed by atoms with Crippen molar-refractivity contribution in [3.8, 4) is 0 Å². The van der Waals surface area contributed by atoms with Crippen molar-refractivity contribution >= 4 is 44.5 Å². The number of aromatic carboxylic acids is 1. The minimum absolute atomic E-state index is 0.0636. The lowest BCUT2D eigenvalue weighted by molar-refractivity contribution is 0.0698. The molecule has 3 heterocycles. The van der Waals surface area contributed by atoms with Crippen molar-refractivity contribution in [3.05, 3.63) is 55.5 Å². The number of para-hydroxylation sites is 2. The molecule has 0 saturated heterocycles. The number of thiophene rings is 1. The molecular formula is C20H21N5O4S. The van der Waals surface area contributed by atoms with Crippen LogP contribution in [0.25, 0.3) is 21.3 Å². The van der Waals surface area contributed by atoms with Crippen molar-refractivity contribution in [2.45, 2.75) is 26.4 Å². The van der Waals surface area contributed by atoms with Gasteiger partial charge in [0, 0.05) is 25.0 Å². The Morgan fingerprint density at radius 1 is 1.27 bits per heavy atom.